The fraction of sp³-hybridized carbons (Fsp3) is 0.409. The van der Waals surface area contributed by atoms with Crippen LogP contribution in [0.1, 0.15) is 43.2 Å². The van der Waals surface area contributed by atoms with Gasteiger partial charge in [-0.25, -0.2) is 9.07 Å². The predicted octanol–water partition coefficient (Wildman–Crippen LogP) is 7.49. The molecule has 300 valence electrons. The summed E-state index contributed by atoms with van der Waals surface area (Å²) in [6.07, 6.45) is 5.25. The molecule has 3 aliphatic rings. The first-order valence-electron chi connectivity index (χ1n) is 19.3. The van der Waals surface area contributed by atoms with E-state index in [4.69, 9.17) is 35.6 Å². The Kier molecular flexibility index (Phi) is 10.9. The van der Waals surface area contributed by atoms with E-state index in [0.29, 0.717) is 71.7 Å². The molecule has 0 bridgehead atoms. The van der Waals surface area contributed by atoms with Gasteiger partial charge in [-0.05, 0) is 73.9 Å². The third-order valence-electron chi connectivity index (χ3n) is 12.4. The van der Waals surface area contributed by atoms with E-state index < -0.39 is 12.1 Å². The van der Waals surface area contributed by atoms with Gasteiger partial charge < -0.3 is 34.5 Å². The zero-order valence-corrected chi connectivity index (χ0v) is 33.3. The maximum atomic E-state index is 16.0. The Bertz CT molecular complexity index is 2280. The SMILES string of the molecule is COc1cc(-c2cccc(-c3cccc4c3cnn4-c3cc(OC)c(CNC4CCOCC4O)c(OC)c3)c2Cl)cc(F)c1CN(C)C1CC2(CC(C(=O)O)C2)C1. The summed E-state index contributed by atoms with van der Waals surface area (Å²) in [6, 6.07) is 19.0. The van der Waals surface area contributed by atoms with Gasteiger partial charge in [0.15, 0.2) is 0 Å². The van der Waals surface area contributed by atoms with Gasteiger partial charge in [0.05, 0.1) is 67.9 Å². The highest BCUT2D eigenvalue weighted by atomic mass is 35.5. The van der Waals surface area contributed by atoms with E-state index in [9.17, 15) is 15.0 Å². The summed E-state index contributed by atoms with van der Waals surface area (Å²) < 4.78 is 40.7. The van der Waals surface area contributed by atoms with Gasteiger partial charge >= 0.3 is 5.97 Å². The number of nitrogens with one attached hydrogen (secondary N) is 1. The van der Waals surface area contributed by atoms with Gasteiger partial charge in [0.2, 0.25) is 0 Å². The van der Waals surface area contributed by atoms with Crippen molar-refractivity contribution in [1.82, 2.24) is 20.0 Å². The summed E-state index contributed by atoms with van der Waals surface area (Å²) in [5, 5.41) is 29.3. The second kappa shape index (κ2) is 15.9. The van der Waals surface area contributed by atoms with Gasteiger partial charge in [0.25, 0.3) is 0 Å². The molecular weight excluding hydrogens is 751 g/mol. The lowest BCUT2D eigenvalue weighted by Crippen LogP contribution is -2.56. The molecule has 2 saturated carbocycles. The molecule has 0 amide bonds. The van der Waals surface area contributed by atoms with Crippen molar-refractivity contribution in [3.05, 3.63) is 88.8 Å². The average molecular weight is 799 g/mol. The molecule has 2 heterocycles. The third kappa shape index (κ3) is 7.34. The second-order valence-electron chi connectivity index (χ2n) is 15.8. The number of benzene rings is 4. The highest BCUT2D eigenvalue weighted by Gasteiger charge is 2.55. The Morgan fingerprint density at radius 2 is 1.65 bits per heavy atom. The Balaban J connectivity index is 1.05. The summed E-state index contributed by atoms with van der Waals surface area (Å²) in [6.45, 7) is 1.69. The first-order valence-corrected chi connectivity index (χ1v) is 19.7. The van der Waals surface area contributed by atoms with Crippen LogP contribution in [0.5, 0.6) is 17.2 Å². The fourth-order valence-corrected chi connectivity index (χ4v) is 9.48. The van der Waals surface area contributed by atoms with Crippen molar-refractivity contribution in [2.45, 2.75) is 63.4 Å². The van der Waals surface area contributed by atoms with E-state index in [1.54, 1.807) is 21.3 Å². The highest BCUT2D eigenvalue weighted by Crippen LogP contribution is 2.60. The molecule has 2 atom stereocenters. The van der Waals surface area contributed by atoms with E-state index in [2.05, 4.69) is 10.2 Å². The van der Waals surface area contributed by atoms with Crippen molar-refractivity contribution in [3.8, 4) is 45.2 Å². The molecule has 2 unspecified atom stereocenters. The van der Waals surface area contributed by atoms with Gasteiger partial charge in [-0.15, -0.1) is 0 Å². The topological polar surface area (TPSA) is 128 Å². The second-order valence-corrected chi connectivity index (χ2v) is 16.1. The average Bonchev–Trinajstić information content (AvgIpc) is 3.61. The number of carboxylic acids is 1. The zero-order valence-electron chi connectivity index (χ0n) is 32.6. The minimum atomic E-state index is -0.707. The van der Waals surface area contributed by atoms with Crippen LogP contribution in [0.25, 0.3) is 38.8 Å². The molecule has 1 aromatic heterocycles. The van der Waals surface area contributed by atoms with E-state index >= 15 is 4.39 Å². The number of ether oxygens (including phenoxy) is 4. The predicted molar refractivity (Wildman–Crippen MR) is 216 cm³/mol. The number of aliphatic hydroxyl groups is 1. The molecule has 13 heteroatoms. The molecule has 2 aliphatic carbocycles. The third-order valence-corrected chi connectivity index (χ3v) is 12.8. The number of aliphatic carboxylic acids is 1. The maximum Gasteiger partial charge on any atom is 0.306 e. The maximum absolute atomic E-state index is 16.0. The smallest absolute Gasteiger partial charge is 0.306 e. The number of carbonyl (C=O) groups is 1. The van der Waals surface area contributed by atoms with E-state index in [1.165, 1.54) is 6.07 Å². The van der Waals surface area contributed by atoms with E-state index in [-0.39, 0.29) is 29.2 Å². The Morgan fingerprint density at radius 3 is 2.33 bits per heavy atom. The highest BCUT2D eigenvalue weighted by molar-refractivity contribution is 6.36. The molecule has 1 saturated heterocycles. The van der Waals surface area contributed by atoms with Crippen molar-refractivity contribution in [2.75, 3.05) is 41.6 Å². The summed E-state index contributed by atoms with van der Waals surface area (Å²) in [5.41, 5.74) is 5.91. The van der Waals surface area contributed by atoms with Crippen LogP contribution in [0.4, 0.5) is 4.39 Å². The number of hydrogen-bond acceptors (Lipinski definition) is 9. The monoisotopic (exact) mass is 798 g/mol. The number of methoxy groups -OCH3 is 3. The lowest BCUT2D eigenvalue weighted by molar-refractivity contribution is -0.159. The molecule has 4 aromatic carbocycles. The number of carboxylic acid groups (broad SMARTS) is 1. The lowest BCUT2D eigenvalue weighted by Gasteiger charge is -2.58. The Hall–Kier alpha value is -4.72. The van der Waals surface area contributed by atoms with Crippen LogP contribution in [0.3, 0.4) is 0 Å². The van der Waals surface area contributed by atoms with E-state index in [0.717, 1.165) is 59.0 Å². The normalized spacial score (nSPS) is 23.0. The van der Waals surface area contributed by atoms with Crippen LogP contribution in [-0.4, -0.2) is 90.6 Å². The molecule has 11 nitrogen and oxygen atoms in total. The van der Waals surface area contributed by atoms with Crippen LogP contribution in [0.2, 0.25) is 5.02 Å². The van der Waals surface area contributed by atoms with Crippen molar-refractivity contribution in [2.24, 2.45) is 11.3 Å². The molecule has 0 radical (unpaired) electrons. The number of hydrogen-bond donors (Lipinski definition) is 3. The molecule has 57 heavy (non-hydrogen) atoms. The Labute approximate surface area is 336 Å². The number of aromatic nitrogens is 2. The number of fused-ring (bicyclic) bond motifs is 1. The minimum absolute atomic E-state index is 0.102. The number of halogens is 2. The van der Waals surface area contributed by atoms with Gasteiger partial charge in [0.1, 0.15) is 23.1 Å². The fourth-order valence-electron chi connectivity index (χ4n) is 9.14. The van der Waals surface area contributed by atoms with Gasteiger partial charge in [-0.3, -0.25) is 9.69 Å². The summed E-state index contributed by atoms with van der Waals surface area (Å²) in [5.74, 6) is 0.369. The molecule has 1 spiro atoms. The van der Waals surface area contributed by atoms with Gasteiger partial charge in [-0.1, -0.05) is 41.9 Å². The number of rotatable bonds is 13. The molecule has 5 aromatic rings. The molecular formula is C44H48ClFN4O7. The standard InChI is InChI=1S/C44H48ClFN4O7/c1-49(28-19-44(20-28)17-26(18-44)43(52)53)23-34-35(46)13-25(14-39(34)54-2)29-7-5-9-31(42(29)45)30-8-6-10-37-32(30)22-48-50(37)27-15-40(55-3)33(41(16-27)56-4)21-47-36-11-12-57-24-38(36)51/h5-10,13-16,22,26,28,36,38,47,51H,11-12,17-21,23-24H2,1-4H3,(H,52,53). The molecule has 3 fully saturated rings. The largest absolute Gasteiger partial charge is 0.496 e. The first kappa shape index (κ1) is 39.1. The first-order chi connectivity index (χ1) is 27.5. The Morgan fingerprint density at radius 1 is 0.982 bits per heavy atom. The number of nitrogens with zero attached hydrogens (tertiary/aromatic N) is 3. The molecule has 8 rings (SSSR count). The van der Waals surface area contributed by atoms with E-state index in [1.807, 2.05) is 72.5 Å². The van der Waals surface area contributed by atoms with Crippen molar-refractivity contribution in [1.29, 1.82) is 0 Å². The van der Waals surface area contributed by atoms with Gasteiger partial charge in [-0.2, -0.15) is 5.10 Å². The minimum Gasteiger partial charge on any atom is -0.496 e. The van der Waals surface area contributed by atoms with Crippen molar-refractivity contribution >= 4 is 28.5 Å². The van der Waals surface area contributed by atoms with Crippen LogP contribution in [0, 0.1) is 17.2 Å². The van der Waals surface area contributed by atoms with Crippen LogP contribution >= 0.6 is 11.6 Å². The number of aliphatic hydroxyl groups excluding tert-OH is 1. The molecule has 3 N–H and O–H groups in total. The summed E-state index contributed by atoms with van der Waals surface area (Å²) in [7, 11) is 6.77. The molecule has 1 aliphatic heterocycles. The van der Waals surface area contributed by atoms with Crippen molar-refractivity contribution < 1.29 is 38.3 Å². The van der Waals surface area contributed by atoms with Crippen LogP contribution in [-0.2, 0) is 22.6 Å². The lowest BCUT2D eigenvalue weighted by atomic mass is 9.50. The zero-order chi connectivity index (χ0) is 40.0. The van der Waals surface area contributed by atoms with Gasteiger partial charge in [0, 0.05) is 66.0 Å². The summed E-state index contributed by atoms with van der Waals surface area (Å²) in [4.78, 5) is 13.5. The summed E-state index contributed by atoms with van der Waals surface area (Å²) >= 11 is 7.21. The van der Waals surface area contributed by atoms with Crippen molar-refractivity contribution in [3.63, 3.8) is 0 Å². The quantitative estimate of drug-likeness (QED) is 0.110. The van der Waals surface area contributed by atoms with Crippen LogP contribution < -0.4 is 19.5 Å². The van der Waals surface area contributed by atoms with Crippen LogP contribution in [0.15, 0.2) is 66.9 Å².